The van der Waals surface area contributed by atoms with Crippen molar-refractivity contribution in [2.75, 3.05) is 5.32 Å². The highest BCUT2D eigenvalue weighted by Gasteiger charge is 2.31. The van der Waals surface area contributed by atoms with Gasteiger partial charge in [-0.15, -0.1) is 0 Å². The van der Waals surface area contributed by atoms with Crippen LogP contribution in [-0.4, -0.2) is 21.4 Å². The molecule has 0 bridgehead atoms. The zero-order valence-electron chi connectivity index (χ0n) is 19.1. The topological polar surface area (TPSA) is 116 Å². The van der Waals surface area contributed by atoms with Crippen LogP contribution < -0.4 is 20.9 Å². The fourth-order valence-electron chi connectivity index (χ4n) is 3.56. The third-order valence-corrected chi connectivity index (χ3v) is 6.01. The van der Waals surface area contributed by atoms with Crippen LogP contribution in [0.25, 0.3) is 0 Å². The Labute approximate surface area is 204 Å². The summed E-state index contributed by atoms with van der Waals surface area (Å²) in [7, 11) is 1.45. The zero-order chi connectivity index (χ0) is 25.4. The second kappa shape index (κ2) is 9.38. The standard InChI is InChI=1S/C24H22ClFN4O5/c1-12-7-10-16(15(26)11-12)28-22-19(23(31)27-14-8-9-14)21(13(2)24(32)29(22)3)35-18-6-4-5-17(20(18)25)30(33)34/h4-7,10-11,14,28H,8-9H2,1-3H3,(H,27,31). The molecule has 0 atom stereocenters. The number of aryl methyl sites for hydroxylation is 1. The van der Waals surface area contributed by atoms with Gasteiger partial charge in [0.2, 0.25) is 0 Å². The van der Waals surface area contributed by atoms with Crippen molar-refractivity contribution in [3.63, 3.8) is 0 Å². The number of hydrogen-bond donors (Lipinski definition) is 2. The summed E-state index contributed by atoms with van der Waals surface area (Å²) in [6, 6.07) is 8.44. The lowest BCUT2D eigenvalue weighted by Gasteiger charge is -2.21. The summed E-state index contributed by atoms with van der Waals surface area (Å²) in [6.07, 6.45) is 1.61. The first-order valence-electron chi connectivity index (χ1n) is 10.8. The van der Waals surface area contributed by atoms with Crippen molar-refractivity contribution >= 4 is 34.7 Å². The van der Waals surface area contributed by atoms with E-state index in [4.69, 9.17) is 16.3 Å². The Balaban J connectivity index is 1.91. The number of ether oxygens (including phenoxy) is 1. The van der Waals surface area contributed by atoms with Gasteiger partial charge in [-0.05, 0) is 50.5 Å². The average Bonchev–Trinajstić information content (AvgIpc) is 3.62. The molecule has 1 aliphatic rings. The Morgan fingerprint density at radius 2 is 1.97 bits per heavy atom. The van der Waals surface area contributed by atoms with Gasteiger partial charge in [0, 0.05) is 19.2 Å². The fourth-order valence-corrected chi connectivity index (χ4v) is 3.79. The minimum Gasteiger partial charge on any atom is -0.454 e. The maximum atomic E-state index is 14.7. The number of benzene rings is 2. The molecule has 1 saturated carbocycles. The SMILES string of the molecule is Cc1ccc(Nc2c(C(=O)NC3CC3)c(Oc3cccc([N+](=O)[O-])c3Cl)c(C)c(=O)n2C)c(F)c1. The van der Waals surface area contributed by atoms with Crippen molar-refractivity contribution < 1.29 is 18.8 Å². The molecule has 4 rings (SSSR count). The second-order valence-corrected chi connectivity index (χ2v) is 8.72. The summed E-state index contributed by atoms with van der Waals surface area (Å²) >= 11 is 6.19. The molecule has 0 aliphatic heterocycles. The van der Waals surface area contributed by atoms with Crippen LogP contribution in [0, 0.1) is 29.8 Å². The van der Waals surface area contributed by atoms with Crippen molar-refractivity contribution in [1.29, 1.82) is 0 Å². The summed E-state index contributed by atoms with van der Waals surface area (Å²) in [4.78, 5) is 37.1. The number of amides is 1. The highest BCUT2D eigenvalue weighted by molar-refractivity contribution is 6.34. The molecule has 0 saturated heterocycles. The van der Waals surface area contributed by atoms with Gasteiger partial charge in [0.05, 0.1) is 16.2 Å². The van der Waals surface area contributed by atoms with E-state index in [1.165, 1.54) is 48.9 Å². The molecule has 1 aromatic heterocycles. The fraction of sp³-hybridized carbons (Fsp3) is 0.250. The highest BCUT2D eigenvalue weighted by atomic mass is 35.5. The van der Waals surface area contributed by atoms with Gasteiger partial charge in [-0.25, -0.2) is 4.39 Å². The van der Waals surface area contributed by atoms with Crippen LogP contribution in [0.5, 0.6) is 11.5 Å². The molecule has 1 amide bonds. The summed E-state index contributed by atoms with van der Waals surface area (Å²) in [5.41, 5.74) is -0.143. The number of anilines is 2. The Morgan fingerprint density at radius 3 is 2.60 bits per heavy atom. The van der Waals surface area contributed by atoms with Crippen LogP contribution in [0.3, 0.4) is 0 Å². The van der Waals surface area contributed by atoms with Gasteiger partial charge < -0.3 is 15.4 Å². The lowest BCUT2D eigenvalue weighted by atomic mass is 10.1. The van der Waals surface area contributed by atoms with E-state index >= 15 is 0 Å². The van der Waals surface area contributed by atoms with Crippen molar-refractivity contribution in [2.45, 2.75) is 32.7 Å². The molecular weight excluding hydrogens is 479 g/mol. The minimum atomic E-state index is -0.667. The van der Waals surface area contributed by atoms with Gasteiger partial charge in [0.15, 0.2) is 16.5 Å². The van der Waals surface area contributed by atoms with Gasteiger partial charge in [0.25, 0.3) is 17.2 Å². The number of nitro groups is 1. The molecule has 35 heavy (non-hydrogen) atoms. The smallest absolute Gasteiger partial charge is 0.291 e. The molecule has 11 heteroatoms. The first-order valence-corrected chi connectivity index (χ1v) is 11.1. The van der Waals surface area contributed by atoms with Crippen LogP contribution in [-0.2, 0) is 7.05 Å². The van der Waals surface area contributed by atoms with E-state index < -0.39 is 27.9 Å². The highest BCUT2D eigenvalue weighted by Crippen LogP contribution is 2.40. The Kier molecular flexibility index (Phi) is 6.49. The third-order valence-electron chi connectivity index (χ3n) is 5.63. The molecule has 1 heterocycles. The first-order chi connectivity index (χ1) is 16.6. The summed E-state index contributed by atoms with van der Waals surface area (Å²) in [6.45, 7) is 3.20. The summed E-state index contributed by atoms with van der Waals surface area (Å²) < 4.78 is 21.8. The summed E-state index contributed by atoms with van der Waals surface area (Å²) in [5.74, 6) is -1.36. The molecule has 1 aliphatic carbocycles. The molecule has 3 aromatic rings. The number of nitrogens with one attached hydrogen (secondary N) is 2. The van der Waals surface area contributed by atoms with Crippen LogP contribution >= 0.6 is 11.6 Å². The Bertz CT molecular complexity index is 1420. The van der Waals surface area contributed by atoms with Gasteiger partial charge in [-0.2, -0.15) is 0 Å². The van der Waals surface area contributed by atoms with Crippen LogP contribution in [0.4, 0.5) is 21.6 Å². The molecule has 0 radical (unpaired) electrons. The molecular formula is C24H22ClFN4O5. The number of carbonyl (C=O) groups is 1. The normalized spacial score (nSPS) is 12.8. The number of nitrogens with zero attached hydrogens (tertiary/aromatic N) is 2. The molecule has 2 aromatic carbocycles. The second-order valence-electron chi connectivity index (χ2n) is 8.35. The zero-order valence-corrected chi connectivity index (χ0v) is 19.9. The third kappa shape index (κ3) is 4.83. The minimum absolute atomic E-state index is 0.00180. The van der Waals surface area contributed by atoms with Crippen molar-refractivity contribution in [2.24, 2.45) is 7.05 Å². The predicted molar refractivity (Wildman–Crippen MR) is 130 cm³/mol. The number of nitro benzene ring substituents is 1. The number of aromatic nitrogens is 1. The van der Waals surface area contributed by atoms with Crippen LogP contribution in [0.1, 0.15) is 34.3 Å². The van der Waals surface area contributed by atoms with Crippen molar-refractivity contribution in [1.82, 2.24) is 9.88 Å². The van der Waals surface area contributed by atoms with E-state index in [0.29, 0.717) is 5.56 Å². The van der Waals surface area contributed by atoms with E-state index in [2.05, 4.69) is 10.6 Å². The maximum absolute atomic E-state index is 14.7. The van der Waals surface area contributed by atoms with Gasteiger partial charge in [0.1, 0.15) is 17.2 Å². The number of halogens is 2. The average molecular weight is 501 g/mol. The molecule has 2 N–H and O–H groups in total. The predicted octanol–water partition coefficient (Wildman–Crippen LogP) is 5.13. The molecule has 182 valence electrons. The van der Waals surface area contributed by atoms with Gasteiger partial charge in [-0.1, -0.05) is 23.7 Å². The number of pyridine rings is 1. The quantitative estimate of drug-likeness (QED) is 0.343. The molecule has 1 fully saturated rings. The Hall–Kier alpha value is -3.92. The molecule has 0 unspecified atom stereocenters. The van der Waals surface area contributed by atoms with E-state index in [9.17, 15) is 24.1 Å². The van der Waals surface area contributed by atoms with Crippen molar-refractivity contribution in [3.05, 3.63) is 84.4 Å². The Morgan fingerprint density at radius 1 is 1.26 bits per heavy atom. The maximum Gasteiger partial charge on any atom is 0.291 e. The number of hydrogen-bond acceptors (Lipinski definition) is 6. The van der Waals surface area contributed by atoms with Crippen molar-refractivity contribution in [3.8, 4) is 11.5 Å². The van der Waals surface area contributed by atoms with E-state index in [1.807, 2.05) is 0 Å². The molecule has 0 spiro atoms. The van der Waals surface area contributed by atoms with Crippen LogP contribution in [0.15, 0.2) is 41.2 Å². The van der Waals surface area contributed by atoms with E-state index in [-0.39, 0.29) is 45.2 Å². The lowest BCUT2D eigenvalue weighted by Crippen LogP contribution is -2.31. The van der Waals surface area contributed by atoms with Gasteiger partial charge >= 0.3 is 0 Å². The number of rotatable bonds is 7. The monoisotopic (exact) mass is 500 g/mol. The molecule has 9 nitrogen and oxygen atoms in total. The number of carbonyl (C=O) groups excluding carboxylic acids is 1. The van der Waals surface area contributed by atoms with Gasteiger partial charge in [-0.3, -0.25) is 24.3 Å². The lowest BCUT2D eigenvalue weighted by molar-refractivity contribution is -0.384. The van der Waals surface area contributed by atoms with E-state index in [1.54, 1.807) is 13.0 Å². The first kappa shape index (κ1) is 24.2. The largest absolute Gasteiger partial charge is 0.454 e. The van der Waals surface area contributed by atoms with Crippen LogP contribution in [0.2, 0.25) is 5.02 Å². The van der Waals surface area contributed by atoms with E-state index in [0.717, 1.165) is 12.8 Å². The summed E-state index contributed by atoms with van der Waals surface area (Å²) in [5, 5.41) is 16.7.